The predicted octanol–water partition coefficient (Wildman–Crippen LogP) is 1.77. The lowest BCUT2D eigenvalue weighted by Crippen LogP contribution is -2.39. The molecule has 3 nitrogen and oxygen atoms in total. The van der Waals surface area contributed by atoms with E-state index in [1.807, 2.05) is 6.20 Å². The van der Waals surface area contributed by atoms with Crippen LogP contribution in [0.5, 0.6) is 0 Å². The SMILES string of the molecule is c1ccc2c(CC3CNCCO3)nccc2c1. The minimum atomic E-state index is 0.252. The molecule has 1 aliphatic heterocycles. The number of morpholine rings is 1. The van der Waals surface area contributed by atoms with Crippen molar-refractivity contribution < 1.29 is 4.74 Å². The number of hydrogen-bond donors (Lipinski definition) is 1. The summed E-state index contributed by atoms with van der Waals surface area (Å²) >= 11 is 0. The standard InChI is InChI=1S/C14H16N2O/c1-2-4-13-11(3-1)5-6-16-14(13)9-12-10-15-7-8-17-12/h1-6,12,15H,7-10H2. The normalized spacial score (nSPS) is 20.6. The van der Waals surface area contributed by atoms with E-state index >= 15 is 0 Å². The summed E-state index contributed by atoms with van der Waals surface area (Å²) in [5, 5.41) is 5.84. The topological polar surface area (TPSA) is 34.1 Å². The molecule has 0 radical (unpaired) electrons. The molecule has 1 aliphatic rings. The fourth-order valence-corrected chi connectivity index (χ4v) is 2.31. The molecule has 2 aromatic rings. The smallest absolute Gasteiger partial charge is 0.0755 e. The van der Waals surface area contributed by atoms with E-state index in [1.165, 1.54) is 10.8 Å². The van der Waals surface area contributed by atoms with Gasteiger partial charge < -0.3 is 10.1 Å². The van der Waals surface area contributed by atoms with Crippen LogP contribution in [0.4, 0.5) is 0 Å². The Hall–Kier alpha value is -1.45. The second-order valence-electron chi connectivity index (χ2n) is 4.38. The number of benzene rings is 1. The van der Waals surface area contributed by atoms with Crippen molar-refractivity contribution in [2.45, 2.75) is 12.5 Å². The van der Waals surface area contributed by atoms with Crippen LogP contribution in [0.15, 0.2) is 36.5 Å². The number of pyridine rings is 1. The average Bonchev–Trinajstić information content (AvgIpc) is 2.40. The van der Waals surface area contributed by atoms with E-state index in [0.717, 1.165) is 31.8 Å². The van der Waals surface area contributed by atoms with Gasteiger partial charge >= 0.3 is 0 Å². The predicted molar refractivity (Wildman–Crippen MR) is 68.1 cm³/mol. The molecule has 1 unspecified atom stereocenters. The number of rotatable bonds is 2. The van der Waals surface area contributed by atoms with Crippen LogP contribution in [0, 0.1) is 0 Å². The zero-order chi connectivity index (χ0) is 11.5. The van der Waals surface area contributed by atoms with Crippen LogP contribution in [-0.2, 0) is 11.2 Å². The van der Waals surface area contributed by atoms with Gasteiger partial charge in [-0.15, -0.1) is 0 Å². The summed E-state index contributed by atoms with van der Waals surface area (Å²) in [4.78, 5) is 4.49. The highest BCUT2D eigenvalue weighted by Crippen LogP contribution is 2.18. The Kier molecular flexibility index (Phi) is 3.03. The van der Waals surface area contributed by atoms with E-state index in [1.54, 1.807) is 0 Å². The maximum atomic E-state index is 5.73. The molecule has 0 aliphatic carbocycles. The van der Waals surface area contributed by atoms with Crippen LogP contribution in [0.1, 0.15) is 5.69 Å². The third kappa shape index (κ3) is 2.30. The molecule has 1 saturated heterocycles. The van der Waals surface area contributed by atoms with Crippen LogP contribution in [0.2, 0.25) is 0 Å². The van der Waals surface area contributed by atoms with Gasteiger partial charge in [-0.25, -0.2) is 0 Å². The molecule has 0 amide bonds. The lowest BCUT2D eigenvalue weighted by molar-refractivity contribution is 0.0289. The van der Waals surface area contributed by atoms with Crippen molar-refractivity contribution >= 4 is 10.8 Å². The van der Waals surface area contributed by atoms with Crippen molar-refractivity contribution in [1.29, 1.82) is 0 Å². The molecule has 0 saturated carbocycles. The van der Waals surface area contributed by atoms with Gasteiger partial charge in [-0.2, -0.15) is 0 Å². The summed E-state index contributed by atoms with van der Waals surface area (Å²) in [5.74, 6) is 0. The van der Waals surface area contributed by atoms with Crippen LogP contribution in [0.3, 0.4) is 0 Å². The highest BCUT2D eigenvalue weighted by Gasteiger charge is 2.15. The molecule has 3 heteroatoms. The molecule has 1 aromatic carbocycles. The number of fused-ring (bicyclic) bond motifs is 1. The molecular formula is C14H16N2O. The molecule has 1 N–H and O–H groups in total. The third-order valence-corrected chi connectivity index (χ3v) is 3.18. The fourth-order valence-electron chi connectivity index (χ4n) is 2.31. The van der Waals surface area contributed by atoms with Crippen LogP contribution < -0.4 is 5.32 Å². The Morgan fingerprint density at radius 2 is 2.24 bits per heavy atom. The second kappa shape index (κ2) is 4.82. The maximum absolute atomic E-state index is 5.73. The molecule has 0 bridgehead atoms. The van der Waals surface area contributed by atoms with Crippen molar-refractivity contribution in [1.82, 2.24) is 10.3 Å². The Morgan fingerprint density at radius 1 is 1.29 bits per heavy atom. The summed E-state index contributed by atoms with van der Waals surface area (Å²) in [5.41, 5.74) is 1.14. The summed E-state index contributed by atoms with van der Waals surface area (Å²) < 4.78 is 5.73. The molecule has 3 rings (SSSR count). The van der Waals surface area contributed by atoms with Crippen molar-refractivity contribution in [3.8, 4) is 0 Å². The molecule has 1 atom stereocenters. The first-order valence-corrected chi connectivity index (χ1v) is 6.08. The molecule has 1 aromatic heterocycles. The third-order valence-electron chi connectivity index (χ3n) is 3.18. The maximum Gasteiger partial charge on any atom is 0.0755 e. The summed E-state index contributed by atoms with van der Waals surface area (Å²) in [7, 11) is 0. The van der Waals surface area contributed by atoms with Crippen molar-refractivity contribution in [2.24, 2.45) is 0 Å². The van der Waals surface area contributed by atoms with Crippen molar-refractivity contribution in [3.63, 3.8) is 0 Å². The first-order chi connectivity index (χ1) is 8.43. The molecule has 17 heavy (non-hydrogen) atoms. The van der Waals surface area contributed by atoms with Gasteiger partial charge in [0.05, 0.1) is 18.4 Å². The van der Waals surface area contributed by atoms with E-state index in [2.05, 4.69) is 40.6 Å². The van der Waals surface area contributed by atoms with Gasteiger partial charge in [-0.05, 0) is 11.5 Å². The Morgan fingerprint density at radius 3 is 3.12 bits per heavy atom. The van der Waals surface area contributed by atoms with Gasteiger partial charge in [0.25, 0.3) is 0 Å². The zero-order valence-electron chi connectivity index (χ0n) is 9.73. The quantitative estimate of drug-likeness (QED) is 0.850. The van der Waals surface area contributed by atoms with Crippen LogP contribution in [-0.4, -0.2) is 30.8 Å². The van der Waals surface area contributed by atoms with Crippen molar-refractivity contribution in [3.05, 3.63) is 42.2 Å². The largest absolute Gasteiger partial charge is 0.375 e. The minimum Gasteiger partial charge on any atom is -0.375 e. The minimum absolute atomic E-state index is 0.252. The highest BCUT2D eigenvalue weighted by atomic mass is 16.5. The van der Waals surface area contributed by atoms with Gasteiger partial charge in [0, 0.05) is 31.1 Å². The van der Waals surface area contributed by atoms with Crippen LogP contribution >= 0.6 is 0 Å². The van der Waals surface area contributed by atoms with E-state index in [9.17, 15) is 0 Å². The molecule has 0 spiro atoms. The molecule has 1 fully saturated rings. The van der Waals surface area contributed by atoms with E-state index < -0.39 is 0 Å². The molecule has 2 heterocycles. The number of nitrogens with one attached hydrogen (secondary N) is 1. The number of nitrogens with zero attached hydrogens (tertiary/aromatic N) is 1. The fraction of sp³-hybridized carbons (Fsp3) is 0.357. The van der Waals surface area contributed by atoms with Gasteiger partial charge in [0.15, 0.2) is 0 Å². The lowest BCUT2D eigenvalue weighted by Gasteiger charge is -2.23. The van der Waals surface area contributed by atoms with E-state index in [0.29, 0.717) is 0 Å². The van der Waals surface area contributed by atoms with Gasteiger partial charge in [0.2, 0.25) is 0 Å². The van der Waals surface area contributed by atoms with E-state index in [-0.39, 0.29) is 6.10 Å². The second-order valence-corrected chi connectivity index (χ2v) is 4.38. The van der Waals surface area contributed by atoms with Crippen LogP contribution in [0.25, 0.3) is 10.8 Å². The number of hydrogen-bond acceptors (Lipinski definition) is 3. The first-order valence-electron chi connectivity index (χ1n) is 6.08. The molecule has 88 valence electrons. The summed E-state index contributed by atoms with van der Waals surface area (Å²) in [6, 6.07) is 10.4. The monoisotopic (exact) mass is 228 g/mol. The van der Waals surface area contributed by atoms with Crippen molar-refractivity contribution in [2.75, 3.05) is 19.7 Å². The average molecular weight is 228 g/mol. The Labute approximate surface area is 101 Å². The Balaban J connectivity index is 1.89. The first kappa shape index (κ1) is 10.7. The lowest BCUT2D eigenvalue weighted by atomic mass is 10.1. The van der Waals surface area contributed by atoms with Gasteiger partial charge in [-0.1, -0.05) is 24.3 Å². The number of aromatic nitrogens is 1. The van der Waals surface area contributed by atoms with Gasteiger partial charge in [-0.3, -0.25) is 4.98 Å². The molecular weight excluding hydrogens is 212 g/mol. The van der Waals surface area contributed by atoms with Gasteiger partial charge in [0.1, 0.15) is 0 Å². The zero-order valence-corrected chi connectivity index (χ0v) is 9.73. The van der Waals surface area contributed by atoms with E-state index in [4.69, 9.17) is 4.74 Å². The summed E-state index contributed by atoms with van der Waals surface area (Å²) in [6.07, 6.45) is 3.02. The highest BCUT2D eigenvalue weighted by molar-refractivity contribution is 5.84. The summed E-state index contributed by atoms with van der Waals surface area (Å²) in [6.45, 7) is 2.68. The number of ether oxygens (including phenoxy) is 1. The Bertz CT molecular complexity index is 501.